The van der Waals surface area contributed by atoms with Gasteiger partial charge in [0.15, 0.2) is 12.4 Å². The average molecular weight is 860 g/mol. The molecular formula is C59H75N2O3+. The lowest BCUT2D eigenvalue weighted by Gasteiger charge is -2.71. The number of hydrogen-bond donors (Lipinski definition) is 1. The third-order valence-corrected chi connectivity index (χ3v) is 19.0. The minimum absolute atomic E-state index is 0.0509. The highest BCUT2D eigenvalue weighted by atomic mass is 16.5. The van der Waals surface area contributed by atoms with Crippen LogP contribution in [0, 0.1) is 56.7 Å². The number of carbonyl (C=O) groups excluding carboxylic acids is 1. The molecule has 3 aromatic carbocycles. The molecule has 0 unspecified atom stereocenters. The van der Waals surface area contributed by atoms with Crippen molar-refractivity contribution in [3.05, 3.63) is 132 Å². The molecule has 5 nitrogen and oxygen atoms in total. The van der Waals surface area contributed by atoms with Gasteiger partial charge in [-0.05, 0) is 163 Å². The van der Waals surface area contributed by atoms with Crippen molar-refractivity contribution in [3.8, 4) is 0 Å². The Kier molecular flexibility index (Phi) is 12.1. The molecule has 338 valence electrons. The number of carbonyl (C=O) groups is 1. The summed E-state index contributed by atoms with van der Waals surface area (Å²) in [4.78, 5) is 16.9. The molecule has 0 radical (unpaired) electrons. The highest BCUT2D eigenvalue weighted by molar-refractivity contribution is 5.79. The molecule has 0 saturated heterocycles. The predicted octanol–water partition coefficient (Wildman–Crippen LogP) is 14.0. The molecule has 5 aliphatic rings. The number of esters is 1. The highest BCUT2D eigenvalue weighted by Gasteiger charge is 2.69. The molecule has 1 N–H and O–H groups in total. The lowest BCUT2D eigenvalue weighted by atomic mass is 9.33. The highest BCUT2D eigenvalue weighted by Crippen LogP contribution is 2.76. The number of ether oxygens (including phenoxy) is 1. The largest absolute Gasteiger partial charge is 0.465 e. The summed E-state index contributed by atoms with van der Waals surface area (Å²) in [7, 11) is 0. The van der Waals surface area contributed by atoms with E-state index in [4.69, 9.17) is 4.74 Å². The number of aliphatic hydroxyl groups is 1. The van der Waals surface area contributed by atoms with Gasteiger partial charge in [-0.1, -0.05) is 121 Å². The first kappa shape index (κ1) is 44.7. The van der Waals surface area contributed by atoms with Crippen LogP contribution in [0.4, 0.5) is 17.1 Å². The number of aromatic nitrogens is 1. The van der Waals surface area contributed by atoms with E-state index >= 15 is 0 Å². The van der Waals surface area contributed by atoms with Crippen molar-refractivity contribution < 1.29 is 19.2 Å². The number of rotatable bonds is 11. The first-order valence-electron chi connectivity index (χ1n) is 24.9. The molecule has 5 aliphatic carbocycles. The molecular weight excluding hydrogens is 785 g/mol. The van der Waals surface area contributed by atoms with Gasteiger partial charge in [0.2, 0.25) is 0 Å². The summed E-state index contributed by atoms with van der Waals surface area (Å²) in [6.45, 7) is 18.8. The number of aliphatic hydroxyl groups excluding tert-OH is 1. The lowest BCUT2D eigenvalue weighted by molar-refractivity contribution is -0.697. The Morgan fingerprint density at radius 1 is 0.719 bits per heavy atom. The number of para-hydroxylation sites is 2. The zero-order valence-corrected chi connectivity index (χ0v) is 39.9. The van der Waals surface area contributed by atoms with Crippen LogP contribution >= 0.6 is 0 Å². The van der Waals surface area contributed by atoms with E-state index < -0.39 is 5.41 Å². The molecule has 4 aromatic rings. The second kappa shape index (κ2) is 17.4. The Bertz CT molecular complexity index is 2280. The Hall–Kier alpha value is -4.48. The van der Waals surface area contributed by atoms with Crippen LogP contribution in [0.15, 0.2) is 121 Å². The maximum Gasteiger partial charge on any atom is 0.312 e. The second-order valence-electron chi connectivity index (χ2n) is 22.3. The first-order valence-corrected chi connectivity index (χ1v) is 24.9. The first-order chi connectivity index (χ1) is 30.7. The molecule has 0 aliphatic heterocycles. The van der Waals surface area contributed by atoms with Crippen molar-refractivity contribution in [1.29, 1.82) is 0 Å². The van der Waals surface area contributed by atoms with E-state index in [1.165, 1.54) is 12.8 Å². The Morgan fingerprint density at radius 3 is 2.00 bits per heavy atom. The van der Waals surface area contributed by atoms with E-state index in [2.05, 4.69) is 186 Å². The zero-order chi connectivity index (χ0) is 44.9. The minimum Gasteiger partial charge on any atom is -0.465 e. The van der Waals surface area contributed by atoms with E-state index in [0.717, 1.165) is 92.5 Å². The van der Waals surface area contributed by atoms with Crippen LogP contribution in [0.25, 0.3) is 12.2 Å². The molecule has 0 amide bonds. The number of pyridine rings is 1. The topological polar surface area (TPSA) is 53.7 Å². The number of unbranched alkanes of at least 4 members (excludes halogenated alkanes) is 1. The van der Waals surface area contributed by atoms with E-state index in [1.807, 2.05) is 0 Å². The monoisotopic (exact) mass is 860 g/mol. The van der Waals surface area contributed by atoms with Gasteiger partial charge in [0, 0.05) is 35.6 Å². The molecule has 1 heterocycles. The van der Waals surface area contributed by atoms with Gasteiger partial charge in [0.1, 0.15) is 6.54 Å². The lowest BCUT2D eigenvalue weighted by Crippen LogP contribution is -2.65. The zero-order valence-electron chi connectivity index (χ0n) is 39.9. The molecule has 5 heteroatoms. The summed E-state index contributed by atoms with van der Waals surface area (Å²) in [6, 6.07) is 34.1. The van der Waals surface area contributed by atoms with Gasteiger partial charge < -0.3 is 14.7 Å². The fourth-order valence-electron chi connectivity index (χ4n) is 14.8. The molecule has 4 fully saturated rings. The Morgan fingerprint density at radius 2 is 1.34 bits per heavy atom. The maximum atomic E-state index is 14.6. The fourth-order valence-corrected chi connectivity index (χ4v) is 14.8. The van der Waals surface area contributed by atoms with Crippen molar-refractivity contribution >= 4 is 35.2 Å². The van der Waals surface area contributed by atoms with Crippen LogP contribution < -0.4 is 9.47 Å². The smallest absolute Gasteiger partial charge is 0.312 e. The predicted molar refractivity (Wildman–Crippen MR) is 262 cm³/mol. The summed E-state index contributed by atoms with van der Waals surface area (Å²) < 4.78 is 8.62. The van der Waals surface area contributed by atoms with E-state index in [0.29, 0.717) is 30.3 Å². The SMILES string of the molecule is C[C@H]1[C@H](C)CC[C@]2(C(=O)OCCCC[n+]3ccc(/C=C/c4ccc(N(c5ccccc5)c5ccccc5)cc4)cc3)CC[C@]3(C)C(=CC[C@@H]4[C@@]5(C)CC[C@H](O)C(C)(C)[C@@H]5CC[C@]43C)[C@H]12. The normalized spacial score (nSPS) is 34.1. The molecule has 9 rings (SSSR count). The van der Waals surface area contributed by atoms with E-state index in [9.17, 15) is 9.90 Å². The summed E-state index contributed by atoms with van der Waals surface area (Å²) >= 11 is 0. The number of fused-ring (bicyclic) bond motifs is 7. The van der Waals surface area contributed by atoms with Gasteiger partial charge in [0.25, 0.3) is 0 Å². The van der Waals surface area contributed by atoms with Gasteiger partial charge >= 0.3 is 5.97 Å². The molecule has 0 bridgehead atoms. The molecule has 1 aromatic heterocycles. The summed E-state index contributed by atoms with van der Waals surface area (Å²) in [5.41, 5.74) is 7.33. The quantitative estimate of drug-likeness (QED) is 0.0706. The number of anilines is 3. The molecule has 10 atom stereocenters. The van der Waals surface area contributed by atoms with Gasteiger partial charge in [-0.2, -0.15) is 0 Å². The van der Waals surface area contributed by atoms with Gasteiger partial charge in [-0.25, -0.2) is 4.57 Å². The van der Waals surface area contributed by atoms with Crippen molar-refractivity contribution in [1.82, 2.24) is 0 Å². The van der Waals surface area contributed by atoms with Crippen LogP contribution in [0.1, 0.15) is 130 Å². The van der Waals surface area contributed by atoms with Gasteiger partial charge in [0.05, 0.1) is 18.1 Å². The molecule has 0 spiro atoms. The Balaban J connectivity index is 0.808. The summed E-state index contributed by atoms with van der Waals surface area (Å²) in [6.07, 6.45) is 22.6. The van der Waals surface area contributed by atoms with Crippen LogP contribution in [0.2, 0.25) is 0 Å². The number of hydrogen-bond acceptors (Lipinski definition) is 4. The number of aryl methyl sites for hydroxylation is 1. The third kappa shape index (κ3) is 7.60. The maximum absolute atomic E-state index is 14.6. The van der Waals surface area contributed by atoms with Crippen LogP contribution in [-0.4, -0.2) is 23.8 Å². The number of benzene rings is 3. The van der Waals surface area contributed by atoms with Gasteiger partial charge in [-0.3, -0.25) is 4.79 Å². The van der Waals surface area contributed by atoms with Crippen LogP contribution in [0.5, 0.6) is 0 Å². The van der Waals surface area contributed by atoms with Crippen molar-refractivity contribution in [2.75, 3.05) is 11.5 Å². The van der Waals surface area contributed by atoms with Crippen molar-refractivity contribution in [3.63, 3.8) is 0 Å². The van der Waals surface area contributed by atoms with E-state index in [1.54, 1.807) is 5.57 Å². The summed E-state index contributed by atoms with van der Waals surface area (Å²) in [5, 5.41) is 11.2. The number of nitrogens with zero attached hydrogens (tertiary/aromatic N) is 2. The van der Waals surface area contributed by atoms with Crippen molar-refractivity contribution in [2.24, 2.45) is 56.7 Å². The van der Waals surface area contributed by atoms with Crippen molar-refractivity contribution in [2.45, 2.75) is 132 Å². The second-order valence-corrected chi connectivity index (χ2v) is 22.3. The Labute approximate surface area is 385 Å². The average Bonchev–Trinajstić information content (AvgIpc) is 3.30. The summed E-state index contributed by atoms with van der Waals surface area (Å²) in [5.74, 6) is 2.52. The standard InChI is InChI=1S/C59H75N2O3/c1-42-28-35-59(37-36-57(6)49(53(59)43(42)2)26-27-51-56(5)33-30-52(62)55(3,4)50(56)29-34-58(51,57)7)54(63)64-41-15-14-38-60-39-31-45(32-40-60)21-20-44-22-24-48(25-23-44)61(46-16-10-8-11-17-46)47-18-12-9-13-19-47/h8-13,16-26,31-32,39-40,42-43,50-53,62H,14-15,27-30,33-38,41H2,1-7H3/q+1/t42-,43+,50+,51-,52+,53+,56+,57-,58-,59+/m1/s1. The van der Waals surface area contributed by atoms with Crippen LogP contribution in [0.3, 0.4) is 0 Å². The van der Waals surface area contributed by atoms with Gasteiger partial charge in [-0.15, -0.1) is 0 Å². The minimum atomic E-state index is -0.413. The number of allylic oxidation sites excluding steroid dienone is 2. The van der Waals surface area contributed by atoms with Crippen LogP contribution in [-0.2, 0) is 16.1 Å². The van der Waals surface area contributed by atoms with E-state index in [-0.39, 0.29) is 39.7 Å². The molecule has 4 saturated carbocycles. The molecule has 64 heavy (non-hydrogen) atoms. The fraction of sp³-hybridized carbons (Fsp3) is 0.525. The third-order valence-electron chi connectivity index (χ3n) is 19.0.